The largest absolute Gasteiger partial charge is 0.466 e. The van der Waals surface area contributed by atoms with E-state index in [2.05, 4.69) is 6.58 Å². The van der Waals surface area contributed by atoms with Crippen LogP contribution in [0.3, 0.4) is 0 Å². The quantitative estimate of drug-likeness (QED) is 0.0722. The standard InChI is InChI=1S/C35H46O12/c1-3-31(37)43-21-5-7-23-45-33(39)26-14-18-30(19-15-26)47-35(41)28-10-8-27(9-11-28)34(40)46-29-16-12-25(13-17-29)32(38)44-22-6-4-20-42-24(2)36/h3,12-13,16-17,26-28,30H,1,4-11,14-15,18-23H2,2H3. The van der Waals surface area contributed by atoms with Gasteiger partial charge >= 0.3 is 35.8 Å². The van der Waals surface area contributed by atoms with Crippen LogP contribution in [0.1, 0.15) is 94.3 Å². The van der Waals surface area contributed by atoms with Gasteiger partial charge in [-0.15, -0.1) is 0 Å². The van der Waals surface area contributed by atoms with Gasteiger partial charge in [-0.05, 0) is 101 Å². The van der Waals surface area contributed by atoms with E-state index in [0.29, 0.717) is 88.4 Å². The van der Waals surface area contributed by atoms with Crippen molar-refractivity contribution in [3.8, 4) is 5.75 Å². The van der Waals surface area contributed by atoms with Gasteiger partial charge in [0.05, 0.1) is 49.7 Å². The van der Waals surface area contributed by atoms with Crippen LogP contribution in [0.25, 0.3) is 0 Å². The SMILES string of the molecule is C=CC(=O)OCCCCOC(=O)C1CCC(OC(=O)C2CCC(C(=O)Oc3ccc(C(=O)OCCCCOC(C)=O)cc3)CC2)CC1. The van der Waals surface area contributed by atoms with Crippen LogP contribution in [0.4, 0.5) is 0 Å². The average molecular weight is 659 g/mol. The van der Waals surface area contributed by atoms with Gasteiger partial charge in [-0.3, -0.25) is 19.2 Å². The molecule has 3 rings (SSSR count). The zero-order valence-electron chi connectivity index (χ0n) is 27.1. The fourth-order valence-corrected chi connectivity index (χ4v) is 5.49. The van der Waals surface area contributed by atoms with Gasteiger partial charge < -0.3 is 28.4 Å². The van der Waals surface area contributed by atoms with Crippen molar-refractivity contribution in [2.45, 2.75) is 90.1 Å². The van der Waals surface area contributed by atoms with Crippen LogP contribution in [0.2, 0.25) is 0 Å². The number of hydrogen-bond acceptors (Lipinski definition) is 12. The van der Waals surface area contributed by atoms with Gasteiger partial charge in [0, 0.05) is 13.0 Å². The number of hydrogen-bond donors (Lipinski definition) is 0. The summed E-state index contributed by atoms with van der Waals surface area (Å²) < 4.78 is 31.6. The van der Waals surface area contributed by atoms with Crippen LogP contribution in [0.5, 0.6) is 5.75 Å². The van der Waals surface area contributed by atoms with Gasteiger partial charge in [0.15, 0.2) is 0 Å². The van der Waals surface area contributed by atoms with E-state index in [-0.39, 0.29) is 74.2 Å². The topological polar surface area (TPSA) is 158 Å². The Labute approximate surface area is 275 Å². The molecule has 12 heteroatoms. The zero-order chi connectivity index (χ0) is 34.0. The zero-order valence-corrected chi connectivity index (χ0v) is 27.1. The van der Waals surface area contributed by atoms with Gasteiger partial charge in [0.1, 0.15) is 11.9 Å². The normalized spacial score (nSPS) is 20.6. The summed E-state index contributed by atoms with van der Waals surface area (Å²) in [7, 11) is 0. The first-order valence-electron chi connectivity index (χ1n) is 16.4. The molecule has 0 amide bonds. The second-order valence-electron chi connectivity index (χ2n) is 11.8. The van der Waals surface area contributed by atoms with E-state index in [0.717, 1.165) is 6.08 Å². The van der Waals surface area contributed by atoms with Crippen LogP contribution in [-0.4, -0.2) is 68.3 Å². The molecule has 2 saturated carbocycles. The maximum absolute atomic E-state index is 12.8. The molecule has 0 saturated heterocycles. The molecule has 0 atom stereocenters. The number of carbonyl (C=O) groups excluding carboxylic acids is 6. The molecular weight excluding hydrogens is 612 g/mol. The van der Waals surface area contributed by atoms with Crippen molar-refractivity contribution < 1.29 is 57.2 Å². The number of rotatable bonds is 17. The van der Waals surface area contributed by atoms with E-state index in [1.165, 1.54) is 19.1 Å². The van der Waals surface area contributed by atoms with Gasteiger partial charge in [-0.25, -0.2) is 9.59 Å². The highest BCUT2D eigenvalue weighted by atomic mass is 16.6. The highest BCUT2D eigenvalue weighted by Crippen LogP contribution is 2.33. The maximum atomic E-state index is 12.8. The highest BCUT2D eigenvalue weighted by Gasteiger charge is 2.34. The minimum absolute atomic E-state index is 0.200. The molecule has 0 bridgehead atoms. The van der Waals surface area contributed by atoms with Crippen molar-refractivity contribution >= 4 is 35.8 Å². The predicted molar refractivity (Wildman–Crippen MR) is 167 cm³/mol. The van der Waals surface area contributed by atoms with Crippen LogP contribution < -0.4 is 4.74 Å². The Morgan fingerprint density at radius 2 is 1.13 bits per heavy atom. The summed E-state index contributed by atoms with van der Waals surface area (Å²) in [4.78, 5) is 72.0. The first-order chi connectivity index (χ1) is 22.7. The third-order valence-corrected chi connectivity index (χ3v) is 8.26. The van der Waals surface area contributed by atoms with Crippen molar-refractivity contribution in [1.29, 1.82) is 0 Å². The lowest BCUT2D eigenvalue weighted by Gasteiger charge is -2.30. The van der Waals surface area contributed by atoms with E-state index in [4.69, 9.17) is 28.4 Å². The lowest BCUT2D eigenvalue weighted by molar-refractivity contribution is -0.160. The Morgan fingerprint density at radius 1 is 0.638 bits per heavy atom. The molecule has 0 radical (unpaired) electrons. The van der Waals surface area contributed by atoms with Crippen molar-refractivity contribution in [2.75, 3.05) is 26.4 Å². The second kappa shape index (κ2) is 20.1. The van der Waals surface area contributed by atoms with Gasteiger partial charge in [-0.1, -0.05) is 6.58 Å². The van der Waals surface area contributed by atoms with Gasteiger partial charge in [0.2, 0.25) is 0 Å². The Kier molecular flexibility index (Phi) is 15.9. The number of benzene rings is 1. The molecule has 258 valence electrons. The molecular formula is C35H46O12. The van der Waals surface area contributed by atoms with Gasteiger partial charge in [-0.2, -0.15) is 0 Å². The fourth-order valence-electron chi connectivity index (χ4n) is 5.49. The third kappa shape index (κ3) is 13.6. The molecule has 0 aliphatic heterocycles. The van der Waals surface area contributed by atoms with E-state index in [1.54, 1.807) is 12.1 Å². The molecule has 2 fully saturated rings. The lowest BCUT2D eigenvalue weighted by Crippen LogP contribution is -2.33. The molecule has 47 heavy (non-hydrogen) atoms. The highest BCUT2D eigenvalue weighted by molar-refractivity contribution is 5.89. The summed E-state index contributed by atoms with van der Waals surface area (Å²) in [5.41, 5.74) is 0.328. The summed E-state index contributed by atoms with van der Waals surface area (Å²) in [5.74, 6) is -2.70. The maximum Gasteiger partial charge on any atom is 0.338 e. The molecule has 2 aliphatic carbocycles. The Bertz CT molecular complexity index is 1210. The van der Waals surface area contributed by atoms with Gasteiger partial charge in [0.25, 0.3) is 0 Å². The summed E-state index contributed by atoms with van der Waals surface area (Å²) in [5, 5.41) is 0. The van der Waals surface area contributed by atoms with E-state index in [9.17, 15) is 28.8 Å². The average Bonchev–Trinajstić information content (AvgIpc) is 3.08. The van der Waals surface area contributed by atoms with Crippen LogP contribution >= 0.6 is 0 Å². The Balaban J connectivity index is 1.28. The molecule has 0 N–H and O–H groups in total. The van der Waals surface area contributed by atoms with E-state index < -0.39 is 11.9 Å². The summed E-state index contributed by atoms with van der Waals surface area (Å²) in [6.45, 7) is 5.67. The van der Waals surface area contributed by atoms with E-state index >= 15 is 0 Å². The predicted octanol–water partition coefficient (Wildman–Crippen LogP) is 5.05. The van der Waals surface area contributed by atoms with Crippen molar-refractivity contribution in [3.05, 3.63) is 42.5 Å². The summed E-state index contributed by atoms with van der Waals surface area (Å²) in [6, 6.07) is 6.14. The fraction of sp³-hybridized carbons (Fsp3) is 0.600. The van der Waals surface area contributed by atoms with Crippen molar-refractivity contribution in [2.24, 2.45) is 17.8 Å². The minimum atomic E-state index is -0.495. The molecule has 0 spiro atoms. The molecule has 0 aromatic heterocycles. The third-order valence-electron chi connectivity index (χ3n) is 8.26. The van der Waals surface area contributed by atoms with Crippen molar-refractivity contribution in [3.63, 3.8) is 0 Å². The number of carbonyl (C=O) groups is 6. The molecule has 0 unspecified atom stereocenters. The molecule has 12 nitrogen and oxygen atoms in total. The van der Waals surface area contributed by atoms with Crippen LogP contribution in [0.15, 0.2) is 36.9 Å². The first kappa shape index (κ1) is 37.2. The summed E-state index contributed by atoms with van der Waals surface area (Å²) in [6.07, 6.45) is 7.66. The minimum Gasteiger partial charge on any atom is -0.466 e. The number of esters is 6. The van der Waals surface area contributed by atoms with E-state index in [1.807, 2.05) is 0 Å². The Hall–Kier alpha value is -4.22. The van der Waals surface area contributed by atoms with Crippen LogP contribution in [0, 0.1) is 17.8 Å². The molecule has 0 heterocycles. The molecule has 1 aromatic rings. The van der Waals surface area contributed by atoms with Crippen LogP contribution in [-0.2, 0) is 47.7 Å². The number of ether oxygens (including phenoxy) is 6. The smallest absolute Gasteiger partial charge is 0.338 e. The summed E-state index contributed by atoms with van der Waals surface area (Å²) >= 11 is 0. The molecule has 2 aliphatic rings. The Morgan fingerprint density at radius 3 is 1.70 bits per heavy atom. The van der Waals surface area contributed by atoms with Crippen molar-refractivity contribution in [1.82, 2.24) is 0 Å². The molecule has 1 aromatic carbocycles. The monoisotopic (exact) mass is 658 g/mol. The second-order valence-corrected chi connectivity index (χ2v) is 11.8. The first-order valence-corrected chi connectivity index (χ1v) is 16.4. The lowest BCUT2D eigenvalue weighted by atomic mass is 9.82. The number of unbranched alkanes of at least 4 members (excludes halogenated alkanes) is 2.